The number of anilines is 2. The van der Waals surface area contributed by atoms with E-state index in [1.54, 1.807) is 19.9 Å². The second-order valence-corrected chi connectivity index (χ2v) is 10.7. The van der Waals surface area contributed by atoms with Crippen molar-refractivity contribution in [2.24, 2.45) is 0 Å². The van der Waals surface area contributed by atoms with Gasteiger partial charge in [0.2, 0.25) is 5.88 Å². The molecule has 40 heavy (non-hydrogen) atoms. The van der Waals surface area contributed by atoms with Crippen molar-refractivity contribution in [3.8, 4) is 5.88 Å². The average Bonchev–Trinajstić information content (AvgIpc) is 2.91. The molecule has 1 saturated heterocycles. The zero-order valence-electron chi connectivity index (χ0n) is 24.1. The number of ether oxygens (including phenoxy) is 1. The molecular weight excluding hydrogens is 519 g/mol. The van der Waals surface area contributed by atoms with E-state index >= 15 is 0 Å². The van der Waals surface area contributed by atoms with Crippen LogP contribution in [0.5, 0.6) is 5.88 Å². The van der Waals surface area contributed by atoms with Gasteiger partial charge in [-0.05, 0) is 32.4 Å². The van der Waals surface area contributed by atoms with Gasteiger partial charge in [-0.2, -0.15) is 4.98 Å². The minimum atomic E-state index is -2.87. The summed E-state index contributed by atoms with van der Waals surface area (Å²) in [5, 5.41) is 4.02. The molecule has 3 aromatic rings. The minimum Gasteiger partial charge on any atom is -0.466 e. The highest BCUT2D eigenvalue weighted by Crippen LogP contribution is 2.34. The molecule has 0 amide bonds. The van der Waals surface area contributed by atoms with Gasteiger partial charge in [0.1, 0.15) is 37.2 Å². The van der Waals surface area contributed by atoms with Crippen LogP contribution >= 0.6 is 0 Å². The summed E-state index contributed by atoms with van der Waals surface area (Å²) in [5.41, 5.74) is 0.994. The molecule has 216 valence electrons. The van der Waals surface area contributed by atoms with Crippen molar-refractivity contribution in [1.82, 2.24) is 19.9 Å². The fourth-order valence-electron chi connectivity index (χ4n) is 4.83. The molecule has 11 heteroatoms. The molecule has 4 rings (SSSR count). The van der Waals surface area contributed by atoms with Crippen molar-refractivity contribution < 1.29 is 22.5 Å². The van der Waals surface area contributed by atoms with Crippen LogP contribution in [0.4, 0.5) is 24.7 Å². The third kappa shape index (κ3) is 6.80. The van der Waals surface area contributed by atoms with Crippen LogP contribution in [0.3, 0.4) is 0 Å². The Morgan fingerprint density at radius 3 is 2.40 bits per heavy atom. The van der Waals surface area contributed by atoms with Gasteiger partial charge in [0, 0.05) is 44.7 Å². The van der Waals surface area contributed by atoms with Crippen molar-refractivity contribution >= 4 is 28.8 Å². The lowest BCUT2D eigenvalue weighted by molar-refractivity contribution is -0.460. The van der Waals surface area contributed by atoms with Gasteiger partial charge in [-0.3, -0.25) is 4.90 Å². The Morgan fingerprint density at radius 1 is 1.05 bits per heavy atom. The average molecular weight is 559 g/mol. The number of alkyl halides is 2. The fourth-order valence-corrected chi connectivity index (χ4v) is 4.83. The third-order valence-corrected chi connectivity index (χ3v) is 7.19. The van der Waals surface area contributed by atoms with Gasteiger partial charge in [0.15, 0.2) is 18.5 Å². The van der Waals surface area contributed by atoms with Crippen molar-refractivity contribution in [1.29, 1.82) is 0 Å². The van der Waals surface area contributed by atoms with E-state index in [-0.39, 0.29) is 18.0 Å². The highest BCUT2D eigenvalue weighted by atomic mass is 19.3. The van der Waals surface area contributed by atoms with E-state index in [0.29, 0.717) is 41.2 Å². The van der Waals surface area contributed by atoms with E-state index in [9.17, 15) is 13.2 Å². The standard InChI is InChI=1S/C29H39F3N7O/c1-18(2)38-10-12-39(13-11-38)24-16-23-27(33-17-19(3)21-8-7-9-22(25(21)30)26(31)32)34-20(4)35-28(23)36-29(24)40-15-14-37(5)6/h7-9,14,16,18-19,26H,10-13,15,17H2,1-6H3,(H,33,34,35,36)/q+1/t19-/m0/s1. The summed E-state index contributed by atoms with van der Waals surface area (Å²) in [7, 11) is 3.88. The highest BCUT2D eigenvalue weighted by Gasteiger charge is 2.25. The lowest BCUT2D eigenvalue weighted by Crippen LogP contribution is -2.49. The monoisotopic (exact) mass is 558 g/mol. The summed E-state index contributed by atoms with van der Waals surface area (Å²) in [6, 6.07) is 6.60. The Hall–Kier alpha value is -3.47. The number of nitrogens with one attached hydrogen (secondary N) is 1. The molecule has 1 aliphatic heterocycles. The van der Waals surface area contributed by atoms with Gasteiger partial charge in [-0.25, -0.2) is 27.7 Å². The first-order chi connectivity index (χ1) is 19.0. The zero-order chi connectivity index (χ0) is 29.0. The summed E-state index contributed by atoms with van der Waals surface area (Å²) in [6.45, 7) is 12.1. The molecule has 0 radical (unpaired) electrons. The summed E-state index contributed by atoms with van der Waals surface area (Å²) in [5.74, 6) is 0.332. The molecule has 2 aromatic heterocycles. The van der Waals surface area contributed by atoms with E-state index in [2.05, 4.69) is 38.9 Å². The first kappa shape index (κ1) is 29.5. The third-order valence-electron chi connectivity index (χ3n) is 7.19. The van der Waals surface area contributed by atoms with Gasteiger partial charge in [0.05, 0.1) is 10.9 Å². The highest BCUT2D eigenvalue weighted by molar-refractivity contribution is 5.90. The van der Waals surface area contributed by atoms with Gasteiger partial charge in [0.25, 0.3) is 6.43 Å². The second kappa shape index (κ2) is 12.8. The fraction of sp³-hybridized carbons (Fsp3) is 0.517. The van der Waals surface area contributed by atoms with Crippen LogP contribution in [0.1, 0.15) is 50.1 Å². The number of nitrogens with zero attached hydrogens (tertiary/aromatic N) is 6. The molecule has 1 atom stereocenters. The summed E-state index contributed by atoms with van der Waals surface area (Å²) < 4.78 is 49.3. The Balaban J connectivity index is 1.66. The van der Waals surface area contributed by atoms with Crippen LogP contribution in [0, 0.1) is 12.7 Å². The normalized spacial score (nSPS) is 15.1. The van der Waals surface area contributed by atoms with Crippen LogP contribution in [0.2, 0.25) is 0 Å². The quantitative estimate of drug-likeness (QED) is 0.281. The Bertz CT molecular complexity index is 1350. The Labute approximate surface area is 233 Å². The van der Waals surface area contributed by atoms with Gasteiger partial charge in [-0.15, -0.1) is 0 Å². The van der Waals surface area contributed by atoms with Crippen molar-refractivity contribution in [2.45, 2.75) is 46.1 Å². The molecule has 0 aliphatic carbocycles. The van der Waals surface area contributed by atoms with E-state index in [0.717, 1.165) is 37.9 Å². The maximum atomic E-state index is 14.8. The molecule has 1 aliphatic rings. The number of hydrogen-bond donors (Lipinski definition) is 1. The molecule has 0 bridgehead atoms. The zero-order valence-corrected chi connectivity index (χ0v) is 24.1. The summed E-state index contributed by atoms with van der Waals surface area (Å²) >= 11 is 0. The minimum absolute atomic E-state index is 0.232. The summed E-state index contributed by atoms with van der Waals surface area (Å²) in [6.07, 6.45) is -0.944. The van der Waals surface area contributed by atoms with Crippen molar-refractivity contribution in [3.05, 3.63) is 47.0 Å². The van der Waals surface area contributed by atoms with Gasteiger partial charge < -0.3 is 15.0 Å². The lowest BCUT2D eigenvalue weighted by Gasteiger charge is -2.38. The maximum Gasteiger partial charge on any atom is 0.266 e. The molecular formula is C29H39F3N7O+. The topological polar surface area (TPSA) is 69.4 Å². The lowest BCUT2D eigenvalue weighted by atomic mass is 9.98. The van der Waals surface area contributed by atoms with Gasteiger partial charge >= 0.3 is 0 Å². The smallest absolute Gasteiger partial charge is 0.266 e. The number of fused-ring (bicyclic) bond motifs is 1. The second-order valence-electron chi connectivity index (χ2n) is 10.7. The van der Waals surface area contributed by atoms with E-state index in [4.69, 9.17) is 9.72 Å². The van der Waals surface area contributed by atoms with Gasteiger partial charge in [-0.1, -0.05) is 25.1 Å². The van der Waals surface area contributed by atoms with Crippen molar-refractivity contribution in [2.75, 3.05) is 63.6 Å². The molecule has 0 saturated carbocycles. The number of aromatic nitrogens is 3. The number of hydrogen-bond acceptors (Lipinski definition) is 7. The molecule has 1 N–H and O–H groups in total. The molecule has 1 aromatic carbocycles. The number of pyridine rings is 1. The van der Waals surface area contributed by atoms with E-state index in [1.807, 2.05) is 31.0 Å². The molecule has 1 fully saturated rings. The largest absolute Gasteiger partial charge is 0.466 e. The number of halogens is 3. The van der Waals surface area contributed by atoms with Crippen LogP contribution in [-0.2, 0) is 0 Å². The van der Waals surface area contributed by atoms with Crippen molar-refractivity contribution in [3.63, 3.8) is 0 Å². The van der Waals surface area contributed by atoms with E-state index < -0.39 is 17.8 Å². The molecule has 3 heterocycles. The predicted molar refractivity (Wildman–Crippen MR) is 153 cm³/mol. The molecule has 0 spiro atoms. The number of benzene rings is 1. The maximum absolute atomic E-state index is 14.8. The Kier molecular flexibility index (Phi) is 9.44. The van der Waals surface area contributed by atoms with Crippen LogP contribution in [0.25, 0.3) is 11.0 Å². The first-order valence-electron chi connectivity index (χ1n) is 13.7. The molecule has 0 unspecified atom stereocenters. The molecule has 8 nitrogen and oxygen atoms in total. The predicted octanol–water partition coefficient (Wildman–Crippen LogP) is 4.88. The Morgan fingerprint density at radius 2 is 1.75 bits per heavy atom. The van der Waals surface area contributed by atoms with E-state index in [1.165, 1.54) is 6.07 Å². The summed E-state index contributed by atoms with van der Waals surface area (Å²) in [4.78, 5) is 18.7. The number of aryl methyl sites for hydroxylation is 1. The SMILES string of the molecule is Cc1nc(NC[C@H](C)c2cccc(C(F)F)c2F)c2cc(N3CCN(C(C)C)CC3)c(OCC=[N+](C)C)nc2n1. The number of piperazine rings is 1. The van der Waals surface area contributed by atoms with Crippen LogP contribution in [0.15, 0.2) is 24.3 Å². The van der Waals surface area contributed by atoms with Crippen LogP contribution in [-0.4, -0.2) is 90.1 Å². The van der Waals surface area contributed by atoms with Crippen LogP contribution < -0.4 is 15.0 Å². The number of rotatable bonds is 10. The first-order valence-corrected chi connectivity index (χ1v) is 13.7.